The second-order valence-corrected chi connectivity index (χ2v) is 10.4. The number of aromatic nitrogens is 4. The minimum atomic E-state index is -1.32. The van der Waals surface area contributed by atoms with Crippen molar-refractivity contribution < 1.29 is 47.6 Å². The van der Waals surface area contributed by atoms with Crippen LogP contribution in [0.2, 0.25) is 0 Å². The monoisotopic (exact) mass is 751 g/mol. The number of amides is 1. The fourth-order valence-electron chi connectivity index (χ4n) is 4.13. The van der Waals surface area contributed by atoms with Crippen molar-refractivity contribution in [2.75, 3.05) is 24.4 Å². The Bertz CT molecular complexity index is 1960. The summed E-state index contributed by atoms with van der Waals surface area (Å²) in [5.74, 6) is -4.32. The summed E-state index contributed by atoms with van der Waals surface area (Å²) in [5, 5.41) is 21.3. The molecule has 10 N–H and O–H groups in total. The van der Waals surface area contributed by atoms with E-state index >= 15 is 0 Å². The maximum atomic E-state index is 14.6. The average molecular weight is 752 g/mol. The summed E-state index contributed by atoms with van der Waals surface area (Å²) in [7, 11) is 1.50. The third-order valence-corrected chi connectivity index (χ3v) is 6.64. The highest BCUT2D eigenvalue weighted by atomic mass is 19.1. The largest absolute Gasteiger partial charge is 0.490 e. The van der Waals surface area contributed by atoms with Crippen molar-refractivity contribution in [3.8, 4) is 11.5 Å². The zero-order valence-corrected chi connectivity index (χ0v) is 29.0. The van der Waals surface area contributed by atoms with E-state index in [4.69, 9.17) is 30.8 Å². The van der Waals surface area contributed by atoms with Crippen molar-refractivity contribution in [3.63, 3.8) is 0 Å². The van der Waals surface area contributed by atoms with Crippen molar-refractivity contribution in [3.05, 3.63) is 126 Å². The van der Waals surface area contributed by atoms with E-state index in [-0.39, 0.29) is 53.3 Å². The number of hydrogen-bond acceptors (Lipinski definition) is 12. The first-order chi connectivity index (χ1) is 25.9. The number of hydrogen-bond donors (Lipinski definition) is 7. The number of carboxylic acids is 2. The molecule has 286 valence electrons. The van der Waals surface area contributed by atoms with Crippen molar-refractivity contribution in [1.82, 2.24) is 19.2 Å². The van der Waals surface area contributed by atoms with Gasteiger partial charge < -0.3 is 42.2 Å². The van der Waals surface area contributed by atoms with E-state index in [9.17, 15) is 28.3 Å². The van der Waals surface area contributed by atoms with Crippen LogP contribution in [0.15, 0.2) is 97.9 Å². The Morgan fingerprint density at radius 3 is 2.17 bits per heavy atom. The van der Waals surface area contributed by atoms with Gasteiger partial charge in [-0.3, -0.25) is 24.3 Å². The van der Waals surface area contributed by atoms with Crippen molar-refractivity contribution >= 4 is 42.2 Å². The molecule has 1 amide bonds. The molecule has 1 atom stereocenters. The molecular weight excluding hydrogens is 712 g/mol. The van der Waals surface area contributed by atoms with Crippen LogP contribution in [-0.2, 0) is 9.59 Å². The van der Waals surface area contributed by atoms with Crippen LogP contribution < -0.4 is 37.4 Å². The molecule has 0 saturated heterocycles. The molecule has 1 unspecified atom stereocenters. The summed E-state index contributed by atoms with van der Waals surface area (Å²) in [6.07, 6.45) is 19.0. The summed E-state index contributed by atoms with van der Waals surface area (Å²) in [5.41, 5.74) is 18.3. The van der Waals surface area contributed by atoms with Crippen LogP contribution in [0.25, 0.3) is 11.9 Å². The summed E-state index contributed by atoms with van der Waals surface area (Å²) >= 11 is 0. The van der Waals surface area contributed by atoms with Crippen molar-refractivity contribution in [1.29, 1.82) is 0 Å². The number of carboxylic acid groups (broad SMARTS) is 2. The quantitative estimate of drug-likeness (QED) is 0.0492. The molecule has 0 radical (unpaired) electrons. The average Bonchev–Trinajstić information content (AvgIpc) is 3.88. The highest BCUT2D eigenvalue weighted by Crippen LogP contribution is 2.28. The van der Waals surface area contributed by atoms with Gasteiger partial charge in [-0.25, -0.2) is 28.3 Å². The third-order valence-electron chi connectivity index (χ3n) is 6.64. The van der Waals surface area contributed by atoms with Crippen LogP contribution in [0.3, 0.4) is 0 Å². The number of anilines is 1. The number of halogens is 2. The van der Waals surface area contributed by atoms with Crippen molar-refractivity contribution in [2.45, 2.75) is 19.4 Å². The lowest BCUT2D eigenvalue weighted by Gasteiger charge is -2.17. The van der Waals surface area contributed by atoms with Gasteiger partial charge in [0, 0.05) is 44.3 Å². The Morgan fingerprint density at radius 1 is 0.944 bits per heavy atom. The highest BCUT2D eigenvalue weighted by molar-refractivity contribution is 5.94. The fraction of sp³-hybridized carbons (Fsp3) is 0.143. The highest BCUT2D eigenvalue weighted by Gasteiger charge is 2.18. The first-order valence-corrected chi connectivity index (χ1v) is 15.6. The second-order valence-electron chi connectivity index (χ2n) is 10.4. The third kappa shape index (κ3) is 13.7. The maximum absolute atomic E-state index is 14.6. The summed E-state index contributed by atoms with van der Waals surface area (Å²) < 4.78 is 43.1. The first-order valence-electron chi connectivity index (χ1n) is 15.6. The summed E-state index contributed by atoms with van der Waals surface area (Å²) in [4.78, 5) is 49.6. The molecule has 2 aromatic heterocycles. The zero-order valence-electron chi connectivity index (χ0n) is 29.0. The lowest BCUT2D eigenvalue weighted by Crippen LogP contribution is -2.17. The van der Waals surface area contributed by atoms with Crippen LogP contribution in [0.5, 0.6) is 11.5 Å². The molecule has 0 bridgehead atoms. The molecule has 54 heavy (non-hydrogen) atoms. The van der Waals surface area contributed by atoms with Gasteiger partial charge in [0.2, 0.25) is 6.41 Å². The zero-order chi connectivity index (χ0) is 40.0. The Balaban J connectivity index is 0.000000524. The van der Waals surface area contributed by atoms with E-state index in [1.165, 1.54) is 49.9 Å². The van der Waals surface area contributed by atoms with Gasteiger partial charge in [-0.1, -0.05) is 12.2 Å². The Kier molecular flexibility index (Phi) is 17.7. The molecule has 2 heterocycles. The number of aldehydes is 1. The Hall–Kier alpha value is -7.44. The van der Waals surface area contributed by atoms with E-state index in [0.29, 0.717) is 17.8 Å². The number of primary amides is 1. The van der Waals surface area contributed by atoms with E-state index in [1.807, 2.05) is 0 Å². The van der Waals surface area contributed by atoms with E-state index in [0.717, 1.165) is 12.1 Å². The van der Waals surface area contributed by atoms with Gasteiger partial charge in [0.1, 0.15) is 18.5 Å². The van der Waals surface area contributed by atoms with Crippen LogP contribution in [0, 0.1) is 11.6 Å². The molecule has 4 aromatic rings. The smallest absolute Gasteiger partial charge is 0.337 e. The lowest BCUT2D eigenvalue weighted by molar-refractivity contribution is -0.107. The summed E-state index contributed by atoms with van der Waals surface area (Å²) in [6, 6.07) is 4.22. The first kappa shape index (κ1) is 42.7. The second kappa shape index (κ2) is 22.4. The molecule has 2 aromatic carbocycles. The minimum absolute atomic E-state index is 0.0203. The van der Waals surface area contributed by atoms with E-state index < -0.39 is 29.7 Å². The van der Waals surface area contributed by atoms with Crippen LogP contribution in [-0.4, -0.2) is 73.8 Å². The van der Waals surface area contributed by atoms with Crippen LogP contribution >= 0.6 is 0 Å². The molecule has 4 rings (SSSR count). The number of imidazole rings is 2. The number of nitrogens with two attached hydrogens (primary N) is 3. The van der Waals surface area contributed by atoms with E-state index in [1.54, 1.807) is 59.4 Å². The van der Waals surface area contributed by atoms with Crippen LogP contribution in [0.4, 0.5) is 14.5 Å². The normalized spacial score (nSPS) is 11.8. The number of nitrogens with zero attached hydrogens (tertiary/aromatic N) is 4. The number of allylic oxidation sites excluding steroid dienone is 5. The SMILES string of the molecule is CNc1cc(OCCC(C)Oc2cc(/C=C/C=C(\N)n3ccnc3)c(C(=O)O)cc2F)c(F)cc1C(=O)O.N/C=C\C=C(\C=O)Nn1ccnc1.NC=O. The molecule has 17 nitrogen and oxygen atoms in total. The predicted molar refractivity (Wildman–Crippen MR) is 196 cm³/mol. The molecule has 0 spiro atoms. The topological polar surface area (TPSA) is 265 Å². The predicted octanol–water partition coefficient (Wildman–Crippen LogP) is 3.39. The Labute approximate surface area is 307 Å². The number of carbonyl (C=O) groups is 4. The molecule has 0 aliphatic rings. The van der Waals surface area contributed by atoms with Gasteiger partial charge in [-0.15, -0.1) is 0 Å². The van der Waals surface area contributed by atoms with Gasteiger partial charge in [0.15, 0.2) is 29.4 Å². The fourth-order valence-corrected chi connectivity index (χ4v) is 4.13. The number of rotatable bonds is 16. The molecule has 0 saturated carbocycles. The molecule has 0 fully saturated rings. The van der Waals surface area contributed by atoms with Gasteiger partial charge in [0.25, 0.3) is 0 Å². The van der Waals surface area contributed by atoms with Gasteiger partial charge >= 0.3 is 11.9 Å². The number of benzene rings is 2. The van der Waals surface area contributed by atoms with Gasteiger partial charge in [-0.2, -0.15) is 0 Å². The Morgan fingerprint density at radius 2 is 1.59 bits per heavy atom. The maximum Gasteiger partial charge on any atom is 0.337 e. The molecule has 19 heteroatoms. The standard InChI is InChI=1S/C26H26F2N4O6.C8H10N4O.CH3NO/c1-15(6-9-37-22-13-21(30-2)18(26(35)36)12-19(22)27)38-23-10-16(17(25(33)34)11-20(23)28)4-3-5-24(29)32-8-7-31-14-32;9-3-1-2-8(6-13)11-12-5-4-10-7-12;2-1-3/h3-5,7-8,10-15,30H,6,9,29H2,1-2H3,(H,33,34)(H,35,36);1-7,11H,9H2;1H,(H2,2,3)/b4-3+,24-5+;3-1-,8-2-;. The number of carbonyl (C=O) groups excluding carboxylic acids is 2. The number of ether oxygens (including phenoxy) is 2. The van der Waals surface area contributed by atoms with Gasteiger partial charge in [0.05, 0.1) is 35.2 Å². The molecular formula is C35H39F2N9O8. The van der Waals surface area contributed by atoms with Gasteiger partial charge in [-0.05, 0) is 55.1 Å². The molecule has 0 aliphatic carbocycles. The number of nitrogens with one attached hydrogen (secondary N) is 2. The lowest BCUT2D eigenvalue weighted by atomic mass is 10.1. The van der Waals surface area contributed by atoms with Crippen LogP contribution in [0.1, 0.15) is 39.6 Å². The van der Waals surface area contributed by atoms with Crippen molar-refractivity contribution in [2.24, 2.45) is 17.2 Å². The molecule has 0 aliphatic heterocycles. The van der Waals surface area contributed by atoms with E-state index in [2.05, 4.69) is 26.4 Å². The number of aromatic carboxylic acids is 2. The minimum Gasteiger partial charge on any atom is -0.490 e. The summed E-state index contributed by atoms with van der Waals surface area (Å²) in [6.45, 7) is 1.62.